The zero-order valence-electron chi connectivity index (χ0n) is 16.5. The van der Waals surface area contributed by atoms with Gasteiger partial charge in [-0.05, 0) is 37.0 Å². The van der Waals surface area contributed by atoms with Gasteiger partial charge >= 0.3 is 0 Å². The van der Waals surface area contributed by atoms with E-state index in [0.717, 1.165) is 34.4 Å². The third-order valence-electron chi connectivity index (χ3n) is 4.47. The van der Waals surface area contributed by atoms with E-state index < -0.39 is 10.0 Å². The summed E-state index contributed by atoms with van der Waals surface area (Å²) in [6.45, 7) is 6.37. The topological polar surface area (TPSA) is 66.5 Å². The maximum Gasteiger partial charge on any atom is 0.232 e. The van der Waals surface area contributed by atoms with Crippen LogP contribution < -0.4 is 9.62 Å². The Morgan fingerprint density at radius 2 is 1.74 bits per heavy atom. The molecular weight excluding hydrogens is 360 g/mol. The summed E-state index contributed by atoms with van der Waals surface area (Å²) in [6, 6.07) is 13.6. The highest BCUT2D eigenvalue weighted by Gasteiger charge is 2.21. The van der Waals surface area contributed by atoms with E-state index in [1.807, 2.05) is 63.2 Å². The van der Waals surface area contributed by atoms with Crippen molar-refractivity contribution < 1.29 is 13.2 Å². The molecule has 2 aromatic rings. The van der Waals surface area contributed by atoms with Crippen LogP contribution in [0.25, 0.3) is 0 Å². The number of nitrogens with one attached hydrogen (secondary N) is 1. The molecule has 6 heteroatoms. The normalized spacial score (nSPS) is 11.3. The van der Waals surface area contributed by atoms with Crippen LogP contribution in [-0.4, -0.2) is 33.7 Å². The van der Waals surface area contributed by atoms with E-state index in [2.05, 4.69) is 5.32 Å². The molecule has 0 fully saturated rings. The fourth-order valence-corrected chi connectivity index (χ4v) is 4.07. The van der Waals surface area contributed by atoms with Crippen LogP contribution in [0.2, 0.25) is 0 Å². The highest BCUT2D eigenvalue weighted by Crippen LogP contribution is 2.27. The summed E-state index contributed by atoms with van der Waals surface area (Å²) in [5, 5.41) is 2.83. The molecule has 0 aliphatic heterocycles. The Labute approximate surface area is 162 Å². The predicted octanol–water partition coefficient (Wildman–Crippen LogP) is 2.99. The van der Waals surface area contributed by atoms with Crippen molar-refractivity contribution >= 4 is 21.6 Å². The first kappa shape index (κ1) is 21.0. The minimum Gasteiger partial charge on any atom is -0.354 e. The number of anilines is 1. The first-order chi connectivity index (χ1) is 12.7. The maximum absolute atomic E-state index is 12.4. The summed E-state index contributed by atoms with van der Waals surface area (Å²) in [5.41, 5.74) is 4.69. The van der Waals surface area contributed by atoms with Crippen LogP contribution in [0.3, 0.4) is 0 Å². The number of hydrogen-bond acceptors (Lipinski definition) is 3. The molecule has 0 spiro atoms. The van der Waals surface area contributed by atoms with E-state index in [1.54, 1.807) is 0 Å². The summed E-state index contributed by atoms with van der Waals surface area (Å²) in [5.74, 6) is -0.118. The molecule has 0 bridgehead atoms. The molecule has 0 radical (unpaired) electrons. The summed E-state index contributed by atoms with van der Waals surface area (Å²) < 4.78 is 26.1. The Bertz CT molecular complexity index is 890. The molecule has 0 saturated heterocycles. The van der Waals surface area contributed by atoms with Crippen molar-refractivity contribution in [3.05, 3.63) is 64.7 Å². The number of para-hydroxylation sites is 1. The van der Waals surface area contributed by atoms with Gasteiger partial charge in [0.15, 0.2) is 0 Å². The number of amides is 1. The lowest BCUT2D eigenvalue weighted by atomic mass is 10.1. The molecule has 0 saturated carbocycles. The van der Waals surface area contributed by atoms with Crippen LogP contribution >= 0.6 is 0 Å². The zero-order valence-corrected chi connectivity index (χ0v) is 17.3. The zero-order chi connectivity index (χ0) is 20.0. The second-order valence-electron chi connectivity index (χ2n) is 6.78. The molecule has 1 N–H and O–H groups in total. The van der Waals surface area contributed by atoms with Gasteiger partial charge in [-0.15, -0.1) is 0 Å². The van der Waals surface area contributed by atoms with E-state index in [0.29, 0.717) is 0 Å². The summed E-state index contributed by atoms with van der Waals surface area (Å²) in [4.78, 5) is 12.2. The van der Waals surface area contributed by atoms with Crippen LogP contribution in [0.5, 0.6) is 0 Å². The molecule has 2 rings (SSSR count). The highest BCUT2D eigenvalue weighted by molar-refractivity contribution is 7.92. The molecule has 0 atom stereocenters. The molecule has 27 heavy (non-hydrogen) atoms. The Morgan fingerprint density at radius 3 is 2.33 bits per heavy atom. The summed E-state index contributed by atoms with van der Waals surface area (Å²) in [7, 11) is -3.45. The number of carbonyl (C=O) groups excluding carboxylic acids is 1. The summed E-state index contributed by atoms with van der Waals surface area (Å²) in [6.07, 6.45) is 2.22. The van der Waals surface area contributed by atoms with Gasteiger partial charge in [-0.3, -0.25) is 9.10 Å². The highest BCUT2D eigenvalue weighted by atomic mass is 32.2. The van der Waals surface area contributed by atoms with Gasteiger partial charge in [-0.25, -0.2) is 8.42 Å². The molecule has 1 amide bonds. The Kier molecular flexibility index (Phi) is 7.02. The van der Waals surface area contributed by atoms with Crippen molar-refractivity contribution in [3.63, 3.8) is 0 Å². The first-order valence-corrected chi connectivity index (χ1v) is 11.0. The minimum atomic E-state index is -3.45. The van der Waals surface area contributed by atoms with Gasteiger partial charge in [0, 0.05) is 6.54 Å². The summed E-state index contributed by atoms with van der Waals surface area (Å²) >= 11 is 0. The van der Waals surface area contributed by atoms with Crippen LogP contribution in [0, 0.1) is 13.8 Å². The SMILES string of the molecule is CCc1cccc(C)c1N(CCNC(=O)Cc1ccc(C)cc1)S(C)(=O)=O. The van der Waals surface area contributed by atoms with Crippen molar-refractivity contribution in [2.24, 2.45) is 0 Å². The van der Waals surface area contributed by atoms with E-state index in [-0.39, 0.29) is 25.4 Å². The fourth-order valence-electron chi connectivity index (χ4n) is 3.06. The lowest BCUT2D eigenvalue weighted by Gasteiger charge is -2.26. The molecular formula is C21H28N2O3S. The van der Waals surface area contributed by atoms with Gasteiger partial charge in [0.05, 0.1) is 24.9 Å². The second-order valence-corrected chi connectivity index (χ2v) is 8.69. The molecule has 0 unspecified atom stereocenters. The van der Waals surface area contributed by atoms with Crippen LogP contribution in [0.1, 0.15) is 29.2 Å². The van der Waals surface area contributed by atoms with Crippen molar-refractivity contribution in [2.75, 3.05) is 23.7 Å². The van der Waals surface area contributed by atoms with Gasteiger partial charge in [0.25, 0.3) is 0 Å². The number of hydrogen-bond donors (Lipinski definition) is 1. The number of rotatable bonds is 8. The molecule has 0 aromatic heterocycles. The molecule has 0 heterocycles. The number of aryl methyl sites for hydroxylation is 3. The average Bonchev–Trinajstić information content (AvgIpc) is 2.60. The third kappa shape index (κ3) is 5.82. The van der Waals surface area contributed by atoms with Gasteiger partial charge in [0.1, 0.15) is 0 Å². The van der Waals surface area contributed by atoms with Gasteiger partial charge in [0.2, 0.25) is 15.9 Å². The van der Waals surface area contributed by atoms with Gasteiger partial charge in [-0.1, -0.05) is 55.0 Å². The molecule has 5 nitrogen and oxygen atoms in total. The largest absolute Gasteiger partial charge is 0.354 e. The number of carbonyl (C=O) groups is 1. The standard InChI is InChI=1S/C21H28N2O3S/c1-5-19-8-6-7-17(3)21(19)23(27(4,25)26)14-13-22-20(24)15-18-11-9-16(2)10-12-18/h6-12H,5,13-15H2,1-4H3,(H,22,24). The van der Waals surface area contributed by atoms with Crippen molar-refractivity contribution in [1.82, 2.24) is 5.32 Å². The van der Waals surface area contributed by atoms with E-state index in [9.17, 15) is 13.2 Å². The Hall–Kier alpha value is -2.34. The third-order valence-corrected chi connectivity index (χ3v) is 5.64. The van der Waals surface area contributed by atoms with Crippen LogP contribution in [-0.2, 0) is 27.7 Å². The first-order valence-electron chi connectivity index (χ1n) is 9.10. The molecule has 0 aliphatic rings. The van der Waals surface area contributed by atoms with Crippen molar-refractivity contribution in [3.8, 4) is 0 Å². The Balaban J connectivity index is 2.06. The Morgan fingerprint density at radius 1 is 1.07 bits per heavy atom. The van der Waals surface area contributed by atoms with Gasteiger partial charge in [-0.2, -0.15) is 0 Å². The smallest absolute Gasteiger partial charge is 0.232 e. The second kappa shape index (κ2) is 9.04. The van der Waals surface area contributed by atoms with E-state index in [4.69, 9.17) is 0 Å². The number of sulfonamides is 1. The van der Waals surface area contributed by atoms with Crippen LogP contribution in [0.4, 0.5) is 5.69 Å². The van der Waals surface area contributed by atoms with Crippen molar-refractivity contribution in [2.45, 2.75) is 33.6 Å². The van der Waals surface area contributed by atoms with Gasteiger partial charge < -0.3 is 5.32 Å². The van der Waals surface area contributed by atoms with Crippen LogP contribution in [0.15, 0.2) is 42.5 Å². The molecule has 0 aliphatic carbocycles. The minimum absolute atomic E-state index is 0.118. The van der Waals surface area contributed by atoms with E-state index >= 15 is 0 Å². The monoisotopic (exact) mass is 388 g/mol. The average molecular weight is 389 g/mol. The number of benzene rings is 2. The molecule has 146 valence electrons. The van der Waals surface area contributed by atoms with Crippen molar-refractivity contribution in [1.29, 1.82) is 0 Å². The lowest BCUT2D eigenvalue weighted by molar-refractivity contribution is -0.120. The lowest BCUT2D eigenvalue weighted by Crippen LogP contribution is -2.39. The predicted molar refractivity (Wildman–Crippen MR) is 111 cm³/mol. The molecule has 2 aromatic carbocycles. The fraction of sp³-hybridized carbons (Fsp3) is 0.381. The quantitative estimate of drug-likeness (QED) is 0.756. The van der Waals surface area contributed by atoms with E-state index in [1.165, 1.54) is 10.6 Å². The maximum atomic E-state index is 12.4. The number of nitrogens with zero attached hydrogens (tertiary/aromatic N) is 1.